The molecule has 1 aliphatic rings. The molecule has 2 aromatic rings. The Morgan fingerprint density at radius 2 is 2.56 bits per heavy atom. The maximum Gasteiger partial charge on any atom is 0.348 e. The van der Waals surface area contributed by atoms with Crippen molar-refractivity contribution in [2.24, 2.45) is 0 Å². The second-order valence-electron chi connectivity index (χ2n) is 3.74. The second kappa shape index (κ2) is 3.60. The Morgan fingerprint density at radius 1 is 1.62 bits per heavy atom. The number of rotatable bonds is 2. The minimum Gasteiger partial charge on any atom is -0.379 e. The number of aromatic amines is 1. The Hall–Kier alpha value is -1.89. The number of fused-ring (bicyclic) bond motifs is 1. The van der Waals surface area contributed by atoms with Crippen LogP contribution in [0.3, 0.4) is 0 Å². The number of anilines is 1. The summed E-state index contributed by atoms with van der Waals surface area (Å²) in [6, 6.07) is 2.02. The number of aromatic nitrogens is 4. The summed E-state index contributed by atoms with van der Waals surface area (Å²) in [4.78, 5) is 15.3. The highest BCUT2D eigenvalue weighted by atomic mass is 16.5. The molecule has 1 unspecified atom stereocenters. The van der Waals surface area contributed by atoms with E-state index in [2.05, 4.69) is 20.5 Å². The van der Waals surface area contributed by atoms with Gasteiger partial charge in [-0.2, -0.15) is 5.10 Å². The standard InChI is InChI=1S/C9H11N5O2/c15-9-13-12-8-3-7(10-5-14(8)9)11-6-1-2-16-4-6/h3,5-6,11H,1-2,4H2,(H,13,15). The van der Waals surface area contributed by atoms with Gasteiger partial charge in [-0.3, -0.25) is 0 Å². The molecular formula is C9H11N5O2. The van der Waals surface area contributed by atoms with E-state index in [1.165, 1.54) is 10.7 Å². The first-order valence-corrected chi connectivity index (χ1v) is 5.10. The highest BCUT2D eigenvalue weighted by Crippen LogP contribution is 2.11. The Morgan fingerprint density at radius 3 is 3.38 bits per heavy atom. The molecule has 84 valence electrons. The Kier molecular flexibility index (Phi) is 2.10. The lowest BCUT2D eigenvalue weighted by Gasteiger charge is -2.10. The van der Waals surface area contributed by atoms with Crippen LogP contribution in [-0.4, -0.2) is 38.8 Å². The number of nitrogens with zero attached hydrogens (tertiary/aromatic N) is 3. The quantitative estimate of drug-likeness (QED) is 0.722. The van der Waals surface area contributed by atoms with Crippen LogP contribution in [0, 0.1) is 0 Å². The molecule has 0 bridgehead atoms. The van der Waals surface area contributed by atoms with Gasteiger partial charge in [0.1, 0.15) is 12.1 Å². The minimum atomic E-state index is -0.279. The maximum absolute atomic E-state index is 11.2. The molecule has 3 heterocycles. The van der Waals surface area contributed by atoms with E-state index < -0.39 is 0 Å². The van der Waals surface area contributed by atoms with Crippen molar-refractivity contribution in [2.45, 2.75) is 12.5 Å². The summed E-state index contributed by atoms with van der Waals surface area (Å²) in [6.07, 6.45) is 2.43. The lowest BCUT2D eigenvalue weighted by atomic mass is 10.2. The van der Waals surface area contributed by atoms with Crippen molar-refractivity contribution >= 4 is 11.5 Å². The first-order chi connectivity index (χ1) is 7.83. The minimum absolute atomic E-state index is 0.279. The van der Waals surface area contributed by atoms with Crippen molar-refractivity contribution in [1.82, 2.24) is 19.6 Å². The molecule has 0 aromatic carbocycles. The van der Waals surface area contributed by atoms with Gasteiger partial charge in [0.25, 0.3) is 0 Å². The SMILES string of the molecule is O=c1[nH]nc2cc(NC3CCOC3)ncn12. The zero-order valence-electron chi connectivity index (χ0n) is 8.51. The van der Waals surface area contributed by atoms with Crippen LogP contribution in [0.2, 0.25) is 0 Å². The van der Waals surface area contributed by atoms with Crippen molar-refractivity contribution in [3.05, 3.63) is 22.9 Å². The predicted molar refractivity (Wildman–Crippen MR) is 56.5 cm³/mol. The number of hydrogen-bond acceptors (Lipinski definition) is 5. The predicted octanol–water partition coefficient (Wildman–Crippen LogP) is -0.382. The van der Waals surface area contributed by atoms with Crippen LogP contribution in [-0.2, 0) is 4.74 Å². The van der Waals surface area contributed by atoms with E-state index in [-0.39, 0.29) is 5.69 Å². The fourth-order valence-electron chi connectivity index (χ4n) is 1.75. The molecule has 1 fully saturated rings. The first kappa shape index (κ1) is 9.34. The Bertz CT molecular complexity index is 554. The van der Waals surface area contributed by atoms with Gasteiger partial charge in [0, 0.05) is 12.7 Å². The number of ether oxygens (including phenoxy) is 1. The van der Waals surface area contributed by atoms with Crippen molar-refractivity contribution in [3.63, 3.8) is 0 Å². The van der Waals surface area contributed by atoms with E-state index in [4.69, 9.17) is 4.74 Å². The summed E-state index contributed by atoms with van der Waals surface area (Å²) < 4.78 is 6.61. The molecule has 0 saturated carbocycles. The van der Waals surface area contributed by atoms with Gasteiger partial charge < -0.3 is 10.1 Å². The molecule has 7 heteroatoms. The van der Waals surface area contributed by atoms with E-state index >= 15 is 0 Å². The Balaban J connectivity index is 1.89. The average Bonchev–Trinajstić information content (AvgIpc) is 2.90. The monoisotopic (exact) mass is 221 g/mol. The third-order valence-corrected chi connectivity index (χ3v) is 2.59. The maximum atomic E-state index is 11.2. The summed E-state index contributed by atoms with van der Waals surface area (Å²) in [5, 5.41) is 9.47. The fraction of sp³-hybridized carbons (Fsp3) is 0.444. The number of nitrogens with one attached hydrogen (secondary N) is 2. The summed E-state index contributed by atoms with van der Waals surface area (Å²) in [7, 11) is 0. The van der Waals surface area contributed by atoms with Gasteiger partial charge in [-0.25, -0.2) is 19.3 Å². The van der Waals surface area contributed by atoms with Crippen LogP contribution < -0.4 is 11.0 Å². The molecule has 0 aliphatic carbocycles. The molecule has 1 aliphatic heterocycles. The molecule has 2 aromatic heterocycles. The van der Waals surface area contributed by atoms with Gasteiger partial charge in [-0.05, 0) is 6.42 Å². The molecule has 0 spiro atoms. The number of hydrogen-bond donors (Lipinski definition) is 2. The molecule has 3 rings (SSSR count). The van der Waals surface area contributed by atoms with Crippen molar-refractivity contribution < 1.29 is 4.74 Å². The highest BCUT2D eigenvalue weighted by molar-refractivity contribution is 5.48. The van der Waals surface area contributed by atoms with Crippen LogP contribution in [0.4, 0.5) is 5.82 Å². The summed E-state index contributed by atoms with van der Waals surface area (Å²) in [6.45, 7) is 1.47. The highest BCUT2D eigenvalue weighted by Gasteiger charge is 2.15. The van der Waals surface area contributed by atoms with Gasteiger partial charge in [0.2, 0.25) is 0 Å². The molecule has 0 amide bonds. The van der Waals surface area contributed by atoms with Crippen LogP contribution in [0.25, 0.3) is 5.65 Å². The molecule has 16 heavy (non-hydrogen) atoms. The second-order valence-corrected chi connectivity index (χ2v) is 3.74. The largest absolute Gasteiger partial charge is 0.379 e. The van der Waals surface area contributed by atoms with E-state index in [0.29, 0.717) is 24.1 Å². The van der Waals surface area contributed by atoms with E-state index in [1.807, 2.05) is 0 Å². The smallest absolute Gasteiger partial charge is 0.348 e. The zero-order chi connectivity index (χ0) is 11.0. The van der Waals surface area contributed by atoms with E-state index in [1.54, 1.807) is 6.07 Å². The average molecular weight is 221 g/mol. The lowest BCUT2D eigenvalue weighted by molar-refractivity contribution is 0.195. The van der Waals surface area contributed by atoms with Gasteiger partial charge in [-0.1, -0.05) is 0 Å². The first-order valence-electron chi connectivity index (χ1n) is 5.10. The zero-order valence-corrected chi connectivity index (χ0v) is 8.51. The van der Waals surface area contributed by atoms with Crippen LogP contribution >= 0.6 is 0 Å². The Labute approximate surface area is 90.5 Å². The molecule has 1 saturated heterocycles. The lowest BCUT2D eigenvalue weighted by Crippen LogP contribution is -2.20. The third-order valence-electron chi connectivity index (χ3n) is 2.59. The molecule has 0 radical (unpaired) electrons. The molecule has 2 N–H and O–H groups in total. The molecular weight excluding hydrogens is 210 g/mol. The van der Waals surface area contributed by atoms with Crippen molar-refractivity contribution in [3.8, 4) is 0 Å². The van der Waals surface area contributed by atoms with Gasteiger partial charge in [0.05, 0.1) is 12.6 Å². The van der Waals surface area contributed by atoms with Gasteiger partial charge >= 0.3 is 5.69 Å². The normalized spacial score (nSPS) is 20.4. The molecule has 1 atom stereocenters. The summed E-state index contributed by atoms with van der Waals surface area (Å²) in [5.74, 6) is 0.710. The van der Waals surface area contributed by atoms with E-state index in [0.717, 1.165) is 13.0 Å². The van der Waals surface area contributed by atoms with Gasteiger partial charge in [0.15, 0.2) is 5.65 Å². The van der Waals surface area contributed by atoms with Crippen LogP contribution in [0.15, 0.2) is 17.2 Å². The van der Waals surface area contributed by atoms with Gasteiger partial charge in [-0.15, -0.1) is 0 Å². The summed E-state index contributed by atoms with van der Waals surface area (Å²) >= 11 is 0. The molecule has 7 nitrogen and oxygen atoms in total. The van der Waals surface area contributed by atoms with Crippen LogP contribution in [0.1, 0.15) is 6.42 Å². The fourth-order valence-corrected chi connectivity index (χ4v) is 1.75. The van der Waals surface area contributed by atoms with Crippen LogP contribution in [0.5, 0.6) is 0 Å². The van der Waals surface area contributed by atoms with E-state index in [9.17, 15) is 4.79 Å². The topological polar surface area (TPSA) is 84.3 Å². The van der Waals surface area contributed by atoms with Crippen molar-refractivity contribution in [2.75, 3.05) is 18.5 Å². The number of H-pyrrole nitrogens is 1. The van der Waals surface area contributed by atoms with Crippen molar-refractivity contribution in [1.29, 1.82) is 0 Å². The summed E-state index contributed by atoms with van der Waals surface area (Å²) in [5.41, 5.74) is 0.277. The third kappa shape index (κ3) is 1.54.